The first-order chi connectivity index (χ1) is 12.7. The fourth-order valence-electron chi connectivity index (χ4n) is 3.97. The van der Waals surface area contributed by atoms with Gasteiger partial charge in [0.05, 0.1) is 5.52 Å². The molecule has 126 valence electrons. The maximum absolute atomic E-state index is 4.85. The Labute approximate surface area is 153 Å². The van der Waals surface area contributed by atoms with Crippen molar-refractivity contribution in [3.8, 4) is 22.5 Å². The van der Waals surface area contributed by atoms with Crippen molar-refractivity contribution in [2.75, 3.05) is 0 Å². The first-order valence-corrected chi connectivity index (χ1v) is 9.18. The minimum atomic E-state index is 0.415. The molecule has 2 nitrogen and oxygen atoms in total. The lowest BCUT2D eigenvalue weighted by Crippen LogP contribution is -1.99. The van der Waals surface area contributed by atoms with E-state index in [-0.39, 0.29) is 0 Å². The van der Waals surface area contributed by atoms with Crippen molar-refractivity contribution in [1.82, 2.24) is 9.97 Å². The minimum Gasteiger partial charge on any atom is -0.236 e. The van der Waals surface area contributed by atoms with Crippen molar-refractivity contribution >= 4 is 10.9 Å². The fraction of sp³-hybridized carbons (Fsp3) is 0.167. The molecule has 0 N–H and O–H groups in total. The van der Waals surface area contributed by atoms with Gasteiger partial charge < -0.3 is 0 Å². The molecule has 0 atom stereocenters. The molecule has 5 rings (SSSR count). The van der Waals surface area contributed by atoms with Crippen molar-refractivity contribution in [3.63, 3.8) is 0 Å². The highest BCUT2D eigenvalue weighted by atomic mass is 14.9. The SMILES string of the molecule is CC(C)c1cc2c(cc1-c1ncc3ccccc3n1)Cc1ccccc1-2. The molecule has 1 aliphatic rings. The van der Waals surface area contributed by atoms with Gasteiger partial charge in [-0.05, 0) is 58.4 Å². The third kappa shape index (κ3) is 2.33. The highest BCUT2D eigenvalue weighted by Gasteiger charge is 2.22. The van der Waals surface area contributed by atoms with Gasteiger partial charge in [-0.25, -0.2) is 9.97 Å². The van der Waals surface area contributed by atoms with E-state index in [0.717, 1.165) is 28.7 Å². The molecule has 26 heavy (non-hydrogen) atoms. The second-order valence-electron chi connectivity index (χ2n) is 7.34. The molecule has 3 aromatic carbocycles. The van der Waals surface area contributed by atoms with E-state index in [9.17, 15) is 0 Å². The average molecular weight is 336 g/mol. The van der Waals surface area contributed by atoms with Gasteiger partial charge in [0.2, 0.25) is 0 Å². The number of rotatable bonds is 2. The standard InChI is InChI=1S/C24H20N2/c1-15(2)20-13-21-18(11-16-7-3-5-9-19(16)21)12-22(20)24-25-14-17-8-4-6-10-23(17)26-24/h3-10,12-15H,11H2,1-2H3. The van der Waals surface area contributed by atoms with Crippen LogP contribution in [-0.4, -0.2) is 9.97 Å². The van der Waals surface area contributed by atoms with E-state index in [1.807, 2.05) is 18.3 Å². The highest BCUT2D eigenvalue weighted by Crippen LogP contribution is 2.41. The normalized spacial score (nSPS) is 12.4. The van der Waals surface area contributed by atoms with E-state index < -0.39 is 0 Å². The fourth-order valence-corrected chi connectivity index (χ4v) is 3.97. The molecule has 2 heteroatoms. The molecule has 0 saturated carbocycles. The van der Waals surface area contributed by atoms with Crippen LogP contribution in [-0.2, 0) is 6.42 Å². The third-order valence-corrected chi connectivity index (χ3v) is 5.32. The predicted molar refractivity (Wildman–Crippen MR) is 107 cm³/mol. The van der Waals surface area contributed by atoms with Gasteiger partial charge in [-0.15, -0.1) is 0 Å². The van der Waals surface area contributed by atoms with Crippen LogP contribution in [0.1, 0.15) is 36.5 Å². The molecule has 0 radical (unpaired) electrons. The van der Waals surface area contributed by atoms with Crippen LogP contribution in [0.4, 0.5) is 0 Å². The number of fused-ring (bicyclic) bond motifs is 4. The minimum absolute atomic E-state index is 0.415. The summed E-state index contributed by atoms with van der Waals surface area (Å²) in [5.41, 5.74) is 9.00. The first-order valence-electron chi connectivity index (χ1n) is 9.18. The second kappa shape index (κ2) is 5.77. The average Bonchev–Trinajstić information content (AvgIpc) is 3.04. The van der Waals surface area contributed by atoms with Gasteiger partial charge >= 0.3 is 0 Å². The largest absolute Gasteiger partial charge is 0.236 e. The number of aromatic nitrogens is 2. The van der Waals surface area contributed by atoms with Crippen LogP contribution in [0.15, 0.2) is 66.9 Å². The Kier molecular flexibility index (Phi) is 3.39. The van der Waals surface area contributed by atoms with E-state index in [4.69, 9.17) is 4.98 Å². The van der Waals surface area contributed by atoms with Crippen molar-refractivity contribution in [3.05, 3.63) is 83.6 Å². The molecule has 4 aromatic rings. The summed E-state index contributed by atoms with van der Waals surface area (Å²) in [6.07, 6.45) is 2.92. The number of para-hydroxylation sites is 1. The molecule has 1 aromatic heterocycles. The molecular formula is C24H20N2. The Hall–Kier alpha value is -3.00. The van der Waals surface area contributed by atoms with Gasteiger partial charge in [0.25, 0.3) is 0 Å². The quantitative estimate of drug-likeness (QED) is 0.395. The maximum Gasteiger partial charge on any atom is 0.160 e. The molecule has 0 unspecified atom stereocenters. The summed E-state index contributed by atoms with van der Waals surface area (Å²) in [6.45, 7) is 4.49. The van der Waals surface area contributed by atoms with Gasteiger partial charge in [0.15, 0.2) is 5.82 Å². The zero-order valence-corrected chi connectivity index (χ0v) is 15.0. The summed E-state index contributed by atoms with van der Waals surface area (Å²) in [4.78, 5) is 9.54. The van der Waals surface area contributed by atoms with Crippen LogP contribution in [0, 0.1) is 0 Å². The molecule has 0 aliphatic heterocycles. The van der Waals surface area contributed by atoms with Crippen LogP contribution < -0.4 is 0 Å². The number of benzene rings is 3. The summed E-state index contributed by atoms with van der Waals surface area (Å²) < 4.78 is 0. The highest BCUT2D eigenvalue weighted by molar-refractivity contribution is 5.83. The van der Waals surface area contributed by atoms with E-state index in [2.05, 4.69) is 67.4 Å². The lowest BCUT2D eigenvalue weighted by Gasteiger charge is -2.15. The van der Waals surface area contributed by atoms with Crippen LogP contribution in [0.5, 0.6) is 0 Å². The van der Waals surface area contributed by atoms with Gasteiger partial charge in [-0.2, -0.15) is 0 Å². The van der Waals surface area contributed by atoms with Gasteiger partial charge in [-0.1, -0.05) is 56.3 Å². The molecule has 1 aliphatic carbocycles. The lowest BCUT2D eigenvalue weighted by atomic mass is 9.91. The van der Waals surface area contributed by atoms with Crippen LogP contribution in [0.2, 0.25) is 0 Å². The van der Waals surface area contributed by atoms with Crippen molar-refractivity contribution in [2.45, 2.75) is 26.2 Å². The summed E-state index contributed by atoms with van der Waals surface area (Å²) >= 11 is 0. The van der Waals surface area contributed by atoms with E-state index in [1.165, 1.54) is 27.8 Å². The molecule has 0 bridgehead atoms. The van der Waals surface area contributed by atoms with Gasteiger partial charge in [-0.3, -0.25) is 0 Å². The molecular weight excluding hydrogens is 316 g/mol. The summed E-state index contributed by atoms with van der Waals surface area (Å²) in [5.74, 6) is 1.24. The van der Waals surface area contributed by atoms with E-state index in [1.54, 1.807) is 0 Å². The predicted octanol–water partition coefficient (Wildman–Crippen LogP) is 5.99. The topological polar surface area (TPSA) is 25.8 Å². The first kappa shape index (κ1) is 15.3. The molecule has 0 saturated heterocycles. The molecule has 0 fully saturated rings. The lowest BCUT2D eigenvalue weighted by molar-refractivity contribution is 0.866. The number of hydrogen-bond acceptors (Lipinski definition) is 2. The van der Waals surface area contributed by atoms with E-state index in [0.29, 0.717) is 5.92 Å². The van der Waals surface area contributed by atoms with Crippen molar-refractivity contribution < 1.29 is 0 Å². The van der Waals surface area contributed by atoms with Crippen LogP contribution in [0.3, 0.4) is 0 Å². The second-order valence-corrected chi connectivity index (χ2v) is 7.34. The van der Waals surface area contributed by atoms with Crippen molar-refractivity contribution in [1.29, 1.82) is 0 Å². The Morgan fingerprint density at radius 3 is 2.50 bits per heavy atom. The smallest absolute Gasteiger partial charge is 0.160 e. The zero-order chi connectivity index (χ0) is 17.7. The van der Waals surface area contributed by atoms with Crippen LogP contribution in [0.25, 0.3) is 33.4 Å². The Morgan fingerprint density at radius 2 is 1.62 bits per heavy atom. The van der Waals surface area contributed by atoms with Gasteiger partial charge in [0, 0.05) is 17.1 Å². The molecule has 0 spiro atoms. The van der Waals surface area contributed by atoms with Gasteiger partial charge in [0.1, 0.15) is 0 Å². The molecule has 0 amide bonds. The Balaban J connectivity index is 1.73. The molecule has 1 heterocycles. The summed E-state index contributed by atoms with van der Waals surface area (Å²) in [7, 11) is 0. The zero-order valence-electron chi connectivity index (χ0n) is 15.0. The number of nitrogens with zero attached hydrogens (tertiary/aromatic N) is 2. The maximum atomic E-state index is 4.85. The summed E-state index contributed by atoms with van der Waals surface area (Å²) in [5, 5.41) is 1.08. The Bertz CT molecular complexity index is 1140. The third-order valence-electron chi connectivity index (χ3n) is 5.32. The Morgan fingerprint density at radius 1 is 0.808 bits per heavy atom. The van der Waals surface area contributed by atoms with E-state index >= 15 is 0 Å². The monoisotopic (exact) mass is 336 g/mol. The number of hydrogen-bond donors (Lipinski definition) is 0. The van der Waals surface area contributed by atoms with Crippen molar-refractivity contribution in [2.24, 2.45) is 0 Å². The van der Waals surface area contributed by atoms with Crippen LogP contribution >= 0.6 is 0 Å². The summed E-state index contributed by atoms with van der Waals surface area (Å²) in [6, 6.07) is 21.6.